The molecule has 0 fully saturated rings. The largest absolute Gasteiger partial charge is 0.489 e. The van der Waals surface area contributed by atoms with Crippen molar-refractivity contribution in [1.29, 1.82) is 0 Å². The fraction of sp³-hybridized carbons (Fsp3) is 0.280. The third-order valence-electron chi connectivity index (χ3n) is 5.05. The summed E-state index contributed by atoms with van der Waals surface area (Å²) in [5.74, 6) is 1.39. The summed E-state index contributed by atoms with van der Waals surface area (Å²) in [5, 5.41) is 4.19. The van der Waals surface area contributed by atoms with E-state index in [-0.39, 0.29) is 5.97 Å². The Balaban J connectivity index is 1.73. The number of aryl methyl sites for hydroxylation is 1. The Labute approximate surface area is 191 Å². The molecule has 0 saturated carbocycles. The van der Waals surface area contributed by atoms with Crippen LogP contribution in [0, 0.1) is 6.92 Å². The minimum Gasteiger partial charge on any atom is -0.489 e. The van der Waals surface area contributed by atoms with Crippen LogP contribution in [0.25, 0.3) is 11.3 Å². The molecule has 0 bridgehead atoms. The number of ether oxygens (including phenoxy) is 2. The summed E-state index contributed by atoms with van der Waals surface area (Å²) in [6.07, 6.45) is 3.69. The van der Waals surface area contributed by atoms with Crippen molar-refractivity contribution in [2.24, 2.45) is 0 Å². The van der Waals surface area contributed by atoms with Gasteiger partial charge in [-0.15, -0.1) is 0 Å². The molecule has 0 aliphatic carbocycles. The highest BCUT2D eigenvalue weighted by Crippen LogP contribution is 2.31. The molecule has 0 aliphatic heterocycles. The number of halogens is 1. The number of nitrogens with zero attached hydrogens (tertiary/aromatic N) is 1. The van der Waals surface area contributed by atoms with Crippen molar-refractivity contribution in [1.82, 2.24) is 5.16 Å². The first-order valence-corrected chi connectivity index (χ1v) is 10.9. The summed E-state index contributed by atoms with van der Waals surface area (Å²) in [7, 11) is 1.40. The molecular weight excluding hydrogens is 458 g/mol. The minimum absolute atomic E-state index is 0.204. The topological polar surface area (TPSA) is 61.6 Å². The van der Waals surface area contributed by atoms with E-state index in [0.29, 0.717) is 25.9 Å². The first kappa shape index (κ1) is 22.8. The van der Waals surface area contributed by atoms with E-state index in [1.54, 1.807) is 0 Å². The molecule has 2 aromatic carbocycles. The molecule has 162 valence electrons. The monoisotopic (exact) mass is 483 g/mol. The lowest BCUT2D eigenvalue weighted by atomic mass is 9.99. The van der Waals surface area contributed by atoms with Crippen LogP contribution in [-0.2, 0) is 16.0 Å². The van der Waals surface area contributed by atoms with Crippen LogP contribution in [0.2, 0.25) is 0 Å². The van der Waals surface area contributed by atoms with Gasteiger partial charge in [0.2, 0.25) is 0 Å². The van der Waals surface area contributed by atoms with Crippen LogP contribution in [0.1, 0.15) is 36.6 Å². The zero-order valence-electron chi connectivity index (χ0n) is 18.0. The van der Waals surface area contributed by atoms with Gasteiger partial charge in [0.15, 0.2) is 5.76 Å². The van der Waals surface area contributed by atoms with E-state index in [9.17, 15) is 4.79 Å². The maximum atomic E-state index is 11.3. The van der Waals surface area contributed by atoms with Crippen LogP contribution in [0.15, 0.2) is 69.2 Å². The van der Waals surface area contributed by atoms with Crippen LogP contribution in [0.4, 0.5) is 0 Å². The normalized spacial score (nSPS) is 11.4. The second-order valence-corrected chi connectivity index (χ2v) is 8.22. The van der Waals surface area contributed by atoms with Gasteiger partial charge >= 0.3 is 5.97 Å². The SMILES string of the molecule is COC(=O)CC/C(C)=C/COc1ccccc1Cc1c(C)noc1-c1ccc(Br)cc1. The molecule has 0 N–H and O–H groups in total. The fourth-order valence-corrected chi connectivity index (χ4v) is 3.45. The summed E-state index contributed by atoms with van der Waals surface area (Å²) < 4.78 is 17.4. The van der Waals surface area contributed by atoms with Gasteiger partial charge in [0.1, 0.15) is 12.4 Å². The number of benzene rings is 2. The van der Waals surface area contributed by atoms with Crippen molar-refractivity contribution >= 4 is 21.9 Å². The van der Waals surface area contributed by atoms with Gasteiger partial charge in [0.25, 0.3) is 0 Å². The quantitative estimate of drug-likeness (QED) is 0.264. The molecule has 6 heteroatoms. The molecule has 5 nitrogen and oxygen atoms in total. The van der Waals surface area contributed by atoms with Crippen molar-refractivity contribution in [2.45, 2.75) is 33.1 Å². The molecule has 0 atom stereocenters. The molecule has 3 rings (SSSR count). The molecular formula is C25H26BrNO4. The van der Waals surface area contributed by atoms with Crippen molar-refractivity contribution in [3.05, 3.63) is 81.5 Å². The Morgan fingerprint density at radius 3 is 2.61 bits per heavy atom. The zero-order valence-corrected chi connectivity index (χ0v) is 19.6. The number of para-hydroxylation sites is 1. The summed E-state index contributed by atoms with van der Waals surface area (Å²) in [6, 6.07) is 16.0. The van der Waals surface area contributed by atoms with Gasteiger partial charge in [-0.25, -0.2) is 0 Å². The number of hydrogen-bond donors (Lipinski definition) is 0. The Morgan fingerprint density at radius 2 is 1.87 bits per heavy atom. The van der Waals surface area contributed by atoms with Crippen molar-refractivity contribution < 1.29 is 18.8 Å². The van der Waals surface area contributed by atoms with Crippen molar-refractivity contribution in [3.63, 3.8) is 0 Å². The van der Waals surface area contributed by atoms with E-state index in [0.717, 1.165) is 43.9 Å². The average molecular weight is 484 g/mol. The highest BCUT2D eigenvalue weighted by atomic mass is 79.9. The summed E-state index contributed by atoms with van der Waals surface area (Å²) in [5.41, 5.74) is 5.05. The number of methoxy groups -OCH3 is 1. The standard InChI is InChI=1S/C25H26BrNO4/c1-17(8-13-24(28)29-3)14-15-30-23-7-5-4-6-20(23)16-22-18(2)27-31-25(22)19-9-11-21(26)12-10-19/h4-7,9-12,14H,8,13,15-16H2,1-3H3/b17-14+. The first-order valence-electron chi connectivity index (χ1n) is 10.1. The van der Waals surface area contributed by atoms with E-state index in [1.807, 2.05) is 62.4 Å². The number of esters is 1. The first-order chi connectivity index (χ1) is 15.0. The van der Waals surface area contributed by atoms with Gasteiger partial charge in [-0.1, -0.05) is 57.0 Å². The lowest BCUT2D eigenvalue weighted by molar-refractivity contribution is -0.140. The summed E-state index contributed by atoms with van der Waals surface area (Å²) >= 11 is 3.47. The number of allylic oxidation sites excluding steroid dienone is 1. The molecule has 1 aromatic heterocycles. The maximum Gasteiger partial charge on any atom is 0.305 e. The predicted octanol–water partition coefficient (Wildman–Crippen LogP) is 6.28. The number of carbonyl (C=O) groups excluding carboxylic acids is 1. The molecule has 0 radical (unpaired) electrons. The van der Waals surface area contributed by atoms with Gasteiger partial charge < -0.3 is 14.0 Å². The highest BCUT2D eigenvalue weighted by molar-refractivity contribution is 9.10. The fourth-order valence-electron chi connectivity index (χ4n) is 3.18. The minimum atomic E-state index is -0.204. The van der Waals surface area contributed by atoms with E-state index < -0.39 is 0 Å². The average Bonchev–Trinajstić information content (AvgIpc) is 3.14. The Bertz CT molecular complexity index is 1050. The van der Waals surface area contributed by atoms with Gasteiger partial charge in [-0.3, -0.25) is 4.79 Å². The van der Waals surface area contributed by atoms with Gasteiger partial charge in [0, 0.05) is 28.4 Å². The van der Waals surface area contributed by atoms with Crippen LogP contribution >= 0.6 is 15.9 Å². The van der Waals surface area contributed by atoms with E-state index >= 15 is 0 Å². The Morgan fingerprint density at radius 1 is 1.13 bits per heavy atom. The molecule has 1 heterocycles. The second-order valence-electron chi connectivity index (χ2n) is 7.30. The zero-order chi connectivity index (χ0) is 22.2. The van der Waals surface area contributed by atoms with Crippen LogP contribution in [-0.4, -0.2) is 24.8 Å². The van der Waals surface area contributed by atoms with Crippen LogP contribution in [0.3, 0.4) is 0 Å². The molecule has 0 spiro atoms. The van der Waals surface area contributed by atoms with Crippen LogP contribution in [0.5, 0.6) is 5.75 Å². The van der Waals surface area contributed by atoms with Gasteiger partial charge in [-0.2, -0.15) is 0 Å². The number of carbonyl (C=O) groups is 1. The predicted molar refractivity (Wildman–Crippen MR) is 124 cm³/mol. The Hall–Kier alpha value is -2.86. The molecule has 0 unspecified atom stereocenters. The maximum absolute atomic E-state index is 11.3. The lowest BCUT2D eigenvalue weighted by Crippen LogP contribution is -2.02. The smallest absolute Gasteiger partial charge is 0.305 e. The van der Waals surface area contributed by atoms with Gasteiger partial charge in [0.05, 0.1) is 12.8 Å². The molecule has 3 aromatic rings. The molecule has 0 aliphatic rings. The van der Waals surface area contributed by atoms with Crippen molar-refractivity contribution in [3.8, 4) is 17.1 Å². The molecule has 0 amide bonds. The number of hydrogen-bond acceptors (Lipinski definition) is 5. The third kappa shape index (κ3) is 6.31. The summed E-state index contributed by atoms with van der Waals surface area (Å²) in [4.78, 5) is 11.3. The van der Waals surface area contributed by atoms with Crippen molar-refractivity contribution in [2.75, 3.05) is 13.7 Å². The molecule has 0 saturated heterocycles. The number of rotatable bonds is 9. The molecule has 31 heavy (non-hydrogen) atoms. The number of aromatic nitrogens is 1. The lowest BCUT2D eigenvalue weighted by Gasteiger charge is -2.11. The summed E-state index contributed by atoms with van der Waals surface area (Å²) in [6.45, 7) is 4.38. The third-order valence-corrected chi connectivity index (χ3v) is 5.58. The van der Waals surface area contributed by atoms with E-state index in [1.165, 1.54) is 7.11 Å². The Kier molecular flexibility index (Phi) is 8.06. The van der Waals surface area contributed by atoms with E-state index in [2.05, 4.69) is 31.9 Å². The highest BCUT2D eigenvalue weighted by Gasteiger charge is 2.17. The van der Waals surface area contributed by atoms with Gasteiger partial charge in [-0.05, 0) is 50.1 Å². The van der Waals surface area contributed by atoms with Crippen LogP contribution < -0.4 is 4.74 Å². The van der Waals surface area contributed by atoms with E-state index in [4.69, 9.17) is 9.26 Å². The second kappa shape index (κ2) is 11.0.